The van der Waals surface area contributed by atoms with E-state index in [0.29, 0.717) is 22.6 Å². The highest BCUT2D eigenvalue weighted by atomic mass is 32.2. The van der Waals surface area contributed by atoms with Crippen LogP contribution in [0.25, 0.3) is 22.3 Å². The number of furan rings is 1. The molecule has 11 nitrogen and oxygen atoms in total. The van der Waals surface area contributed by atoms with E-state index in [1.807, 2.05) is 0 Å². The third-order valence-electron chi connectivity index (χ3n) is 6.75. The van der Waals surface area contributed by atoms with Gasteiger partial charge in [0.15, 0.2) is 0 Å². The fraction of sp³-hybridized carbons (Fsp3) is 0.241. The molecule has 43 heavy (non-hydrogen) atoms. The van der Waals surface area contributed by atoms with Crippen molar-refractivity contribution in [3.63, 3.8) is 0 Å². The van der Waals surface area contributed by atoms with Crippen molar-refractivity contribution in [1.82, 2.24) is 0 Å². The van der Waals surface area contributed by atoms with Gasteiger partial charge in [0.25, 0.3) is 0 Å². The van der Waals surface area contributed by atoms with Crippen molar-refractivity contribution in [3.8, 4) is 22.8 Å². The van der Waals surface area contributed by atoms with E-state index < -0.39 is 43.5 Å². The normalized spacial score (nSPS) is 13.6. The van der Waals surface area contributed by atoms with E-state index in [0.717, 1.165) is 29.7 Å². The molecule has 14 heteroatoms. The summed E-state index contributed by atoms with van der Waals surface area (Å²) in [5, 5.41) is 0.259. The van der Waals surface area contributed by atoms with Crippen LogP contribution in [0.2, 0.25) is 0 Å². The van der Waals surface area contributed by atoms with E-state index in [9.17, 15) is 30.8 Å². The Bertz CT molecular complexity index is 1930. The molecule has 0 unspecified atom stereocenters. The van der Waals surface area contributed by atoms with Gasteiger partial charge in [0.1, 0.15) is 44.1 Å². The number of nitrogens with two attached hydrogens (primary N) is 1. The van der Waals surface area contributed by atoms with Crippen molar-refractivity contribution < 1.29 is 44.7 Å². The minimum absolute atomic E-state index is 0.0236. The zero-order chi connectivity index (χ0) is 31.1. The topological polar surface area (TPSA) is 163 Å². The first-order chi connectivity index (χ1) is 20.2. The lowest BCUT2D eigenvalue weighted by atomic mass is 10.0. The third kappa shape index (κ3) is 6.97. The van der Waals surface area contributed by atoms with E-state index in [4.69, 9.17) is 19.6 Å². The number of fused-ring (bicyclic) bond motifs is 1. The van der Waals surface area contributed by atoms with Crippen LogP contribution >= 0.6 is 0 Å². The molecule has 2 N–H and O–H groups in total. The number of primary amides is 1. The van der Waals surface area contributed by atoms with Crippen molar-refractivity contribution in [2.75, 3.05) is 29.1 Å². The molecule has 0 radical (unpaired) electrons. The molecule has 0 atom stereocenters. The van der Waals surface area contributed by atoms with E-state index in [2.05, 4.69) is 0 Å². The Labute approximate surface area is 247 Å². The van der Waals surface area contributed by atoms with Crippen LogP contribution in [0.1, 0.15) is 34.7 Å². The highest BCUT2D eigenvalue weighted by Gasteiger charge is 2.34. The van der Waals surface area contributed by atoms with E-state index in [1.165, 1.54) is 30.3 Å². The van der Waals surface area contributed by atoms with E-state index in [1.54, 1.807) is 30.3 Å². The van der Waals surface area contributed by atoms with Gasteiger partial charge in [-0.05, 0) is 78.9 Å². The molecule has 1 aliphatic rings. The van der Waals surface area contributed by atoms with Crippen LogP contribution in [0, 0.1) is 5.82 Å². The number of carbonyl (C=O) groups is 2. The van der Waals surface area contributed by atoms with Gasteiger partial charge >= 0.3 is 12.1 Å². The van der Waals surface area contributed by atoms with Gasteiger partial charge in [0.2, 0.25) is 10.0 Å². The standard InChI is InChI=1S/C29H27FN2O9S2/c1-42(35,36)14-13-32(43(2,37)38)24-16-25-23(15-22(24)17-3-4-17)26(28(33)41-29(31)34)27(40-25)18-5-9-20(10-6-18)39-21-11-7-19(30)8-12-21/h5-12,15-17H,3-4,13-14H2,1-2H3,(H2,31,34). The number of anilines is 1. The highest BCUT2D eigenvalue weighted by Crippen LogP contribution is 2.48. The molecule has 5 rings (SSSR count). The second kappa shape index (κ2) is 11.3. The number of amides is 1. The molecule has 1 fully saturated rings. The predicted octanol–water partition coefficient (Wildman–Crippen LogP) is 4.95. The number of benzene rings is 3. The van der Waals surface area contributed by atoms with E-state index >= 15 is 0 Å². The predicted molar refractivity (Wildman–Crippen MR) is 157 cm³/mol. The summed E-state index contributed by atoms with van der Waals surface area (Å²) in [5.74, 6) is -1.10. The number of ether oxygens (including phenoxy) is 2. The Morgan fingerprint density at radius 1 is 0.977 bits per heavy atom. The summed E-state index contributed by atoms with van der Waals surface area (Å²) >= 11 is 0. The molecule has 0 saturated heterocycles. The number of hydrogen-bond acceptors (Lipinski definition) is 9. The Balaban J connectivity index is 1.63. The van der Waals surface area contributed by atoms with Gasteiger partial charge in [-0.1, -0.05) is 0 Å². The molecule has 0 bridgehead atoms. The number of halogens is 1. The second-order valence-corrected chi connectivity index (χ2v) is 14.4. The SMILES string of the molecule is CS(=O)(=O)CCN(c1cc2oc(-c3ccc(Oc4ccc(F)cc4)cc3)c(C(=O)OC(N)=O)c2cc1C1CC1)S(C)(=O)=O. The summed E-state index contributed by atoms with van der Waals surface area (Å²) in [6.07, 6.45) is 2.18. The first-order valence-electron chi connectivity index (χ1n) is 13.0. The summed E-state index contributed by atoms with van der Waals surface area (Å²) < 4.78 is 80.2. The average Bonchev–Trinajstić information content (AvgIpc) is 3.68. The number of sulfonamides is 1. The largest absolute Gasteiger partial charge is 0.457 e. The average molecular weight is 631 g/mol. The molecular formula is C29H27FN2O9S2. The summed E-state index contributed by atoms with van der Waals surface area (Å²) in [7, 11) is -7.41. The maximum atomic E-state index is 13.2. The van der Waals surface area contributed by atoms with Gasteiger partial charge in [-0.15, -0.1) is 0 Å². The lowest BCUT2D eigenvalue weighted by Gasteiger charge is -2.25. The lowest BCUT2D eigenvalue weighted by molar-refractivity contribution is 0.0640. The van der Waals surface area contributed by atoms with Crippen molar-refractivity contribution in [2.24, 2.45) is 5.73 Å². The molecule has 0 aliphatic heterocycles. The highest BCUT2D eigenvalue weighted by molar-refractivity contribution is 7.92. The number of rotatable bonds is 10. The number of nitrogens with zero attached hydrogens (tertiary/aromatic N) is 1. The summed E-state index contributed by atoms with van der Waals surface area (Å²) in [5.41, 5.74) is 6.34. The van der Waals surface area contributed by atoms with Crippen LogP contribution in [0.5, 0.6) is 11.5 Å². The first kappa shape index (κ1) is 30.0. The van der Waals surface area contributed by atoms with Crippen molar-refractivity contribution >= 4 is 48.6 Å². The molecule has 4 aromatic rings. The van der Waals surface area contributed by atoms with Gasteiger partial charge in [-0.3, -0.25) is 4.31 Å². The number of sulfone groups is 1. The molecule has 226 valence electrons. The molecular weight excluding hydrogens is 603 g/mol. The molecule has 1 heterocycles. The Morgan fingerprint density at radius 2 is 1.58 bits per heavy atom. The molecule has 1 saturated carbocycles. The summed E-state index contributed by atoms with van der Waals surface area (Å²) in [4.78, 5) is 24.6. The quantitative estimate of drug-likeness (QED) is 0.189. The fourth-order valence-corrected chi connectivity index (χ4v) is 6.23. The second-order valence-electron chi connectivity index (χ2n) is 10.2. The minimum Gasteiger partial charge on any atom is -0.457 e. The van der Waals surface area contributed by atoms with Crippen LogP contribution < -0.4 is 14.8 Å². The van der Waals surface area contributed by atoms with Gasteiger partial charge < -0.3 is 19.6 Å². The lowest BCUT2D eigenvalue weighted by Crippen LogP contribution is -2.34. The first-order valence-corrected chi connectivity index (χ1v) is 16.9. The Hall–Kier alpha value is -4.43. The summed E-state index contributed by atoms with van der Waals surface area (Å²) in [6, 6.07) is 14.9. The molecule has 1 aromatic heterocycles. The smallest absolute Gasteiger partial charge is 0.412 e. The van der Waals surface area contributed by atoms with Crippen LogP contribution in [0.15, 0.2) is 65.1 Å². The molecule has 1 aliphatic carbocycles. The Kier molecular flexibility index (Phi) is 7.92. The molecule has 1 amide bonds. The van der Waals surface area contributed by atoms with Gasteiger partial charge in [0, 0.05) is 29.8 Å². The minimum atomic E-state index is -3.92. The number of esters is 1. The zero-order valence-electron chi connectivity index (χ0n) is 23.1. The van der Waals surface area contributed by atoms with Crippen LogP contribution in [0.4, 0.5) is 14.9 Å². The van der Waals surface area contributed by atoms with Crippen molar-refractivity contribution in [1.29, 1.82) is 0 Å². The van der Waals surface area contributed by atoms with Gasteiger partial charge in [0.05, 0.1) is 17.7 Å². The van der Waals surface area contributed by atoms with Gasteiger partial charge in [-0.25, -0.2) is 30.8 Å². The van der Waals surface area contributed by atoms with Crippen molar-refractivity contribution in [3.05, 3.63) is 77.6 Å². The third-order valence-corrected chi connectivity index (χ3v) is 8.86. The fourth-order valence-electron chi connectivity index (χ4n) is 4.66. The summed E-state index contributed by atoms with van der Waals surface area (Å²) in [6.45, 7) is -0.317. The monoisotopic (exact) mass is 630 g/mol. The number of hydrogen-bond donors (Lipinski definition) is 1. The maximum absolute atomic E-state index is 13.2. The van der Waals surface area contributed by atoms with Crippen LogP contribution in [0.3, 0.4) is 0 Å². The zero-order valence-corrected chi connectivity index (χ0v) is 24.7. The maximum Gasteiger partial charge on any atom is 0.412 e. The number of carbonyl (C=O) groups excluding carboxylic acids is 2. The van der Waals surface area contributed by atoms with Crippen LogP contribution in [-0.2, 0) is 24.6 Å². The van der Waals surface area contributed by atoms with Crippen LogP contribution in [-0.4, -0.2) is 53.7 Å². The Morgan fingerprint density at radius 3 is 2.12 bits per heavy atom. The van der Waals surface area contributed by atoms with Gasteiger partial charge in [-0.2, -0.15) is 0 Å². The molecule has 3 aromatic carbocycles. The van der Waals surface area contributed by atoms with E-state index in [-0.39, 0.29) is 40.4 Å². The molecule has 0 spiro atoms. The van der Waals surface area contributed by atoms with Crippen molar-refractivity contribution in [2.45, 2.75) is 18.8 Å².